The van der Waals surface area contributed by atoms with Gasteiger partial charge in [-0.3, -0.25) is 4.79 Å². The van der Waals surface area contributed by atoms with Gasteiger partial charge in [0.1, 0.15) is 11.3 Å². The number of alkyl halides is 3. The molecule has 0 aliphatic rings. The van der Waals surface area contributed by atoms with Crippen molar-refractivity contribution in [2.75, 3.05) is 0 Å². The van der Waals surface area contributed by atoms with Gasteiger partial charge < -0.3 is 4.98 Å². The van der Waals surface area contributed by atoms with Crippen molar-refractivity contribution in [2.24, 2.45) is 0 Å². The largest absolute Gasteiger partial charge is 0.450 e. The Labute approximate surface area is 96.6 Å². The lowest BCUT2D eigenvalue weighted by molar-refractivity contribution is -0.170. The fourth-order valence-corrected chi connectivity index (χ4v) is 1.40. The number of hydrogen-bond donors (Lipinski definition) is 1. The summed E-state index contributed by atoms with van der Waals surface area (Å²) in [6.45, 7) is 0. The van der Waals surface area contributed by atoms with E-state index in [2.05, 4.69) is 9.97 Å². The van der Waals surface area contributed by atoms with Gasteiger partial charge in [-0.25, -0.2) is 13.8 Å². The molecule has 0 radical (unpaired) electrons. The summed E-state index contributed by atoms with van der Waals surface area (Å²) in [5.74, 6) is -4.81. The first-order chi connectivity index (χ1) is 8.29. The first kappa shape index (κ1) is 12.5. The fraction of sp³-hybridized carbons (Fsp3) is 0.200. The van der Waals surface area contributed by atoms with E-state index in [1.54, 1.807) is 0 Å². The maximum atomic E-state index is 13.2. The van der Waals surface area contributed by atoms with Crippen LogP contribution in [0.2, 0.25) is 0 Å². The van der Waals surface area contributed by atoms with E-state index >= 15 is 0 Å². The number of nitrogens with zero attached hydrogens (tertiary/aromatic N) is 1. The van der Waals surface area contributed by atoms with Crippen molar-refractivity contribution in [3.8, 4) is 0 Å². The summed E-state index contributed by atoms with van der Waals surface area (Å²) in [6, 6.07) is 1.94. The molecule has 0 unspecified atom stereocenters. The van der Waals surface area contributed by atoms with Gasteiger partial charge in [-0.05, 0) is 12.1 Å². The van der Waals surface area contributed by atoms with Gasteiger partial charge in [0.15, 0.2) is 11.6 Å². The summed E-state index contributed by atoms with van der Waals surface area (Å²) in [6.07, 6.45) is -6.03. The average Bonchev–Trinajstić information content (AvgIpc) is 2.66. The van der Waals surface area contributed by atoms with Crippen LogP contribution in [0.1, 0.15) is 5.82 Å². The van der Waals surface area contributed by atoms with Crippen LogP contribution in [0.4, 0.5) is 22.0 Å². The third-order valence-corrected chi connectivity index (χ3v) is 2.24. The van der Waals surface area contributed by atoms with Crippen molar-refractivity contribution in [2.45, 2.75) is 12.6 Å². The zero-order valence-electron chi connectivity index (χ0n) is 8.61. The number of halogens is 5. The zero-order chi connectivity index (χ0) is 13.5. The Kier molecular flexibility index (Phi) is 2.80. The highest BCUT2D eigenvalue weighted by Gasteiger charge is 2.38. The van der Waals surface area contributed by atoms with Crippen LogP contribution in [0, 0.1) is 11.6 Å². The summed E-state index contributed by atoms with van der Waals surface area (Å²) in [7, 11) is 0. The number of benzene rings is 1. The van der Waals surface area contributed by atoms with Crippen molar-refractivity contribution < 1.29 is 26.7 Å². The van der Waals surface area contributed by atoms with Gasteiger partial charge in [-0.1, -0.05) is 0 Å². The quantitative estimate of drug-likeness (QED) is 0.847. The molecule has 1 aromatic carbocycles. The van der Waals surface area contributed by atoms with Crippen LogP contribution in [0.25, 0.3) is 11.0 Å². The van der Waals surface area contributed by atoms with E-state index in [1.165, 1.54) is 0 Å². The number of carbonyl (C=O) groups is 1. The number of imidazole rings is 1. The zero-order valence-corrected chi connectivity index (χ0v) is 8.61. The number of nitrogens with one attached hydrogen (secondary N) is 1. The number of hydrogen-bond acceptors (Lipinski definition) is 2. The van der Waals surface area contributed by atoms with Crippen LogP contribution in [-0.2, 0) is 11.2 Å². The lowest BCUT2D eigenvalue weighted by atomic mass is 10.3. The number of H-pyrrole nitrogens is 1. The number of Topliss-reactive ketones (excluding diaryl/α,β-unsaturated/α-hetero) is 1. The van der Waals surface area contributed by atoms with Crippen LogP contribution in [0.5, 0.6) is 0 Å². The molecule has 0 spiro atoms. The smallest absolute Gasteiger partial charge is 0.342 e. The van der Waals surface area contributed by atoms with Gasteiger partial charge in [-0.15, -0.1) is 0 Å². The van der Waals surface area contributed by atoms with Crippen molar-refractivity contribution in [1.82, 2.24) is 9.97 Å². The molecule has 0 aliphatic carbocycles. The number of aromatic amines is 1. The van der Waals surface area contributed by atoms with E-state index in [1.807, 2.05) is 0 Å². The molecule has 0 saturated heterocycles. The van der Waals surface area contributed by atoms with Crippen molar-refractivity contribution in [3.63, 3.8) is 0 Å². The van der Waals surface area contributed by atoms with Crippen LogP contribution in [0.15, 0.2) is 12.1 Å². The summed E-state index contributed by atoms with van der Waals surface area (Å²) in [5, 5.41) is 0. The SMILES string of the molecule is O=C(Cc1nc2c(F)c(F)ccc2[nH]1)C(F)(F)F. The molecule has 2 rings (SSSR count). The molecule has 0 saturated carbocycles. The number of rotatable bonds is 2. The Morgan fingerprint density at radius 3 is 2.56 bits per heavy atom. The fourth-order valence-electron chi connectivity index (χ4n) is 1.40. The highest BCUT2D eigenvalue weighted by molar-refractivity contribution is 5.86. The van der Waals surface area contributed by atoms with Gasteiger partial charge in [0.25, 0.3) is 0 Å². The molecule has 0 atom stereocenters. The minimum absolute atomic E-state index is 0.0267. The normalized spacial score (nSPS) is 12.1. The predicted molar refractivity (Wildman–Crippen MR) is 50.8 cm³/mol. The second kappa shape index (κ2) is 4.04. The van der Waals surface area contributed by atoms with E-state index in [-0.39, 0.29) is 11.3 Å². The molecule has 0 aliphatic heterocycles. The Hall–Kier alpha value is -1.99. The Bertz CT molecular complexity index is 616. The minimum Gasteiger partial charge on any atom is -0.342 e. The molecule has 0 bridgehead atoms. The standard InChI is InChI=1S/C10H5F5N2O/c11-4-1-2-5-9(8(4)12)17-7(16-5)3-6(18)10(13,14)15/h1-2H,3H2,(H,16,17). The van der Waals surface area contributed by atoms with Crippen molar-refractivity contribution in [3.05, 3.63) is 29.6 Å². The third-order valence-electron chi connectivity index (χ3n) is 2.24. The summed E-state index contributed by atoms with van der Waals surface area (Å²) >= 11 is 0. The van der Waals surface area contributed by atoms with E-state index in [0.717, 1.165) is 12.1 Å². The van der Waals surface area contributed by atoms with Crippen LogP contribution >= 0.6 is 0 Å². The average molecular weight is 264 g/mol. The Morgan fingerprint density at radius 2 is 1.94 bits per heavy atom. The topological polar surface area (TPSA) is 45.8 Å². The Balaban J connectivity index is 2.37. The highest BCUT2D eigenvalue weighted by Crippen LogP contribution is 2.21. The summed E-state index contributed by atoms with van der Waals surface area (Å²) < 4.78 is 62.1. The van der Waals surface area contributed by atoms with Gasteiger partial charge in [-0.2, -0.15) is 13.2 Å². The minimum atomic E-state index is -4.98. The second-order valence-electron chi connectivity index (χ2n) is 3.54. The molecule has 1 N–H and O–H groups in total. The van der Waals surface area contributed by atoms with E-state index < -0.39 is 35.5 Å². The maximum absolute atomic E-state index is 13.2. The molecule has 18 heavy (non-hydrogen) atoms. The molecule has 0 fully saturated rings. The first-order valence-electron chi connectivity index (χ1n) is 4.71. The van der Waals surface area contributed by atoms with Gasteiger partial charge in [0.2, 0.25) is 5.78 Å². The highest BCUT2D eigenvalue weighted by atomic mass is 19.4. The number of ketones is 1. The van der Waals surface area contributed by atoms with Crippen LogP contribution < -0.4 is 0 Å². The first-order valence-corrected chi connectivity index (χ1v) is 4.71. The van der Waals surface area contributed by atoms with Gasteiger partial charge >= 0.3 is 6.18 Å². The number of carbonyl (C=O) groups excluding carboxylic acids is 1. The molecule has 2 aromatic rings. The maximum Gasteiger partial charge on any atom is 0.450 e. The summed E-state index contributed by atoms with van der Waals surface area (Å²) in [5.41, 5.74) is -0.404. The molecular weight excluding hydrogens is 259 g/mol. The number of fused-ring (bicyclic) bond motifs is 1. The molecule has 96 valence electrons. The lowest BCUT2D eigenvalue weighted by Crippen LogP contribution is -2.24. The van der Waals surface area contributed by atoms with Crippen molar-refractivity contribution in [1.29, 1.82) is 0 Å². The van der Waals surface area contributed by atoms with Crippen LogP contribution in [0.3, 0.4) is 0 Å². The molecular formula is C10H5F5N2O. The van der Waals surface area contributed by atoms with Crippen LogP contribution in [-0.4, -0.2) is 21.9 Å². The molecule has 1 heterocycles. The monoisotopic (exact) mass is 264 g/mol. The van der Waals surface area contributed by atoms with Gasteiger partial charge in [0.05, 0.1) is 11.9 Å². The number of aromatic nitrogens is 2. The Morgan fingerprint density at radius 1 is 1.28 bits per heavy atom. The van der Waals surface area contributed by atoms with Crippen molar-refractivity contribution >= 4 is 16.8 Å². The summed E-state index contributed by atoms with van der Waals surface area (Å²) in [4.78, 5) is 16.5. The van der Waals surface area contributed by atoms with E-state index in [0.29, 0.717) is 0 Å². The van der Waals surface area contributed by atoms with Gasteiger partial charge in [0, 0.05) is 0 Å². The molecule has 0 amide bonds. The third kappa shape index (κ3) is 2.18. The van der Waals surface area contributed by atoms with E-state index in [9.17, 15) is 26.7 Å². The second-order valence-corrected chi connectivity index (χ2v) is 3.54. The molecule has 3 nitrogen and oxygen atoms in total. The predicted octanol–water partition coefficient (Wildman–Crippen LogP) is 2.51. The van der Waals surface area contributed by atoms with E-state index in [4.69, 9.17) is 0 Å². The lowest BCUT2D eigenvalue weighted by Gasteiger charge is -2.01. The molecule has 1 aromatic heterocycles. The molecule has 8 heteroatoms.